The van der Waals surface area contributed by atoms with Crippen LogP contribution in [0.25, 0.3) is 0 Å². The van der Waals surface area contributed by atoms with E-state index in [1.807, 2.05) is 0 Å². The molecule has 0 bridgehead atoms. The first kappa shape index (κ1) is 26.3. The number of hydrogen-bond donors (Lipinski definition) is 0. The summed E-state index contributed by atoms with van der Waals surface area (Å²) in [6.45, 7) is 18.1. The Morgan fingerprint density at radius 2 is 0.871 bits per heavy atom. The van der Waals surface area contributed by atoms with E-state index >= 15 is 0 Å². The van der Waals surface area contributed by atoms with E-state index in [-0.39, 0.29) is 10.8 Å². The zero-order valence-electron chi connectivity index (χ0n) is 21.0. The number of alkyl halides is 2. The Morgan fingerprint density at radius 3 is 1.16 bits per heavy atom. The molecule has 2 aromatic rings. The lowest BCUT2D eigenvalue weighted by atomic mass is 9.82. The van der Waals surface area contributed by atoms with Crippen LogP contribution in [0.4, 0.5) is 0 Å². The molecule has 172 valence electrons. The van der Waals surface area contributed by atoms with Crippen LogP contribution in [-0.2, 0) is 35.4 Å². The zero-order valence-corrected chi connectivity index (χ0v) is 22.5. The van der Waals surface area contributed by atoms with Crippen molar-refractivity contribution in [3.05, 3.63) is 68.8 Å². The molecule has 0 radical (unpaired) electrons. The van der Waals surface area contributed by atoms with Crippen molar-refractivity contribution in [1.29, 1.82) is 0 Å². The van der Waals surface area contributed by atoms with Gasteiger partial charge in [-0.2, -0.15) is 0 Å². The molecule has 0 fully saturated rings. The standard InChI is InChI=1S/C29H42Cl2/c1-20-22(14-26(28(3,4)5)16-24(20)18-30)12-10-9-11-13-23-15-27(29(6,7)8)17-25(19-31)21(23)2/h14-17H,9-13,18-19H2,1-8H3. The highest BCUT2D eigenvalue weighted by Crippen LogP contribution is 2.30. The molecule has 0 saturated heterocycles. The van der Waals surface area contributed by atoms with Gasteiger partial charge >= 0.3 is 0 Å². The van der Waals surface area contributed by atoms with Crippen molar-refractivity contribution >= 4 is 23.2 Å². The highest BCUT2D eigenvalue weighted by atomic mass is 35.5. The quantitative estimate of drug-likeness (QED) is 0.271. The smallest absolute Gasteiger partial charge is 0.0476 e. The van der Waals surface area contributed by atoms with Crippen LogP contribution in [0, 0.1) is 13.8 Å². The van der Waals surface area contributed by atoms with Crippen LogP contribution in [0.2, 0.25) is 0 Å². The minimum Gasteiger partial charge on any atom is -0.122 e. The number of aryl methyl sites for hydroxylation is 2. The van der Waals surface area contributed by atoms with Gasteiger partial charge in [0.25, 0.3) is 0 Å². The Kier molecular flexibility index (Phi) is 9.12. The van der Waals surface area contributed by atoms with E-state index in [0.29, 0.717) is 11.8 Å². The number of hydrogen-bond acceptors (Lipinski definition) is 0. The zero-order chi connectivity index (χ0) is 23.4. The summed E-state index contributed by atoms with van der Waals surface area (Å²) in [5.74, 6) is 1.18. The lowest BCUT2D eigenvalue weighted by Crippen LogP contribution is -2.13. The molecular formula is C29H42Cl2. The van der Waals surface area contributed by atoms with E-state index < -0.39 is 0 Å². The molecule has 2 rings (SSSR count). The predicted molar refractivity (Wildman–Crippen MR) is 140 cm³/mol. The topological polar surface area (TPSA) is 0 Å². The number of rotatable bonds is 8. The van der Waals surface area contributed by atoms with Gasteiger partial charge in [0, 0.05) is 11.8 Å². The van der Waals surface area contributed by atoms with Crippen LogP contribution in [0.15, 0.2) is 24.3 Å². The maximum Gasteiger partial charge on any atom is 0.0476 e. The Bertz CT molecular complexity index is 806. The average Bonchev–Trinajstić information content (AvgIpc) is 2.68. The van der Waals surface area contributed by atoms with Gasteiger partial charge in [0.2, 0.25) is 0 Å². The average molecular weight is 462 g/mol. The monoisotopic (exact) mass is 460 g/mol. The van der Waals surface area contributed by atoms with E-state index in [4.69, 9.17) is 23.2 Å². The summed E-state index contributed by atoms with van der Waals surface area (Å²) in [7, 11) is 0. The molecule has 0 saturated carbocycles. The van der Waals surface area contributed by atoms with Gasteiger partial charge in [0.1, 0.15) is 0 Å². The van der Waals surface area contributed by atoms with Gasteiger partial charge in [-0.1, -0.05) is 72.2 Å². The molecule has 2 heteroatoms. The molecule has 31 heavy (non-hydrogen) atoms. The first-order valence-corrected chi connectivity index (χ1v) is 12.8. The molecule has 0 aliphatic rings. The summed E-state index contributed by atoms with van der Waals surface area (Å²) in [4.78, 5) is 0. The fourth-order valence-electron chi connectivity index (χ4n) is 4.15. The number of benzene rings is 2. The van der Waals surface area contributed by atoms with Gasteiger partial charge in [-0.05, 0) is 94.9 Å². The maximum atomic E-state index is 6.25. The maximum absolute atomic E-state index is 6.25. The summed E-state index contributed by atoms with van der Waals surface area (Å²) in [5, 5.41) is 0. The second kappa shape index (κ2) is 10.8. The second-order valence-corrected chi connectivity index (χ2v) is 11.7. The molecule has 0 nitrogen and oxygen atoms in total. The molecule has 0 atom stereocenters. The van der Waals surface area contributed by atoms with Crippen LogP contribution in [0.3, 0.4) is 0 Å². The Morgan fingerprint density at radius 1 is 0.548 bits per heavy atom. The molecule has 0 aromatic heterocycles. The third kappa shape index (κ3) is 7.00. The van der Waals surface area contributed by atoms with Crippen molar-refractivity contribution < 1.29 is 0 Å². The van der Waals surface area contributed by atoms with Gasteiger partial charge in [0.15, 0.2) is 0 Å². The van der Waals surface area contributed by atoms with E-state index in [1.54, 1.807) is 0 Å². The molecule has 2 aromatic carbocycles. The molecule has 0 spiro atoms. The van der Waals surface area contributed by atoms with Crippen molar-refractivity contribution in [2.45, 2.75) is 110 Å². The fraction of sp³-hybridized carbons (Fsp3) is 0.586. The van der Waals surface area contributed by atoms with E-state index in [0.717, 1.165) is 12.8 Å². The van der Waals surface area contributed by atoms with Gasteiger partial charge in [0.05, 0.1) is 0 Å². The minimum atomic E-state index is 0.152. The summed E-state index contributed by atoms with van der Waals surface area (Å²) < 4.78 is 0. The highest BCUT2D eigenvalue weighted by Gasteiger charge is 2.18. The Hall–Kier alpha value is -0.980. The SMILES string of the molecule is Cc1c(CCl)cc(C(C)(C)C)cc1CCCCCc1cc(C(C)(C)C)cc(CCl)c1C. The van der Waals surface area contributed by atoms with Crippen LogP contribution >= 0.6 is 23.2 Å². The van der Waals surface area contributed by atoms with Crippen LogP contribution in [0.1, 0.15) is 105 Å². The van der Waals surface area contributed by atoms with Crippen molar-refractivity contribution in [3.8, 4) is 0 Å². The second-order valence-electron chi connectivity index (χ2n) is 11.2. The first-order chi connectivity index (χ1) is 14.4. The molecular weight excluding hydrogens is 419 g/mol. The van der Waals surface area contributed by atoms with Crippen LogP contribution in [0.5, 0.6) is 0 Å². The summed E-state index contributed by atoms with van der Waals surface area (Å²) in [5.41, 5.74) is 11.4. The van der Waals surface area contributed by atoms with Crippen molar-refractivity contribution in [2.75, 3.05) is 0 Å². The fourth-order valence-corrected chi connectivity index (χ4v) is 4.71. The molecule has 0 N–H and O–H groups in total. The van der Waals surface area contributed by atoms with Gasteiger partial charge in [-0.25, -0.2) is 0 Å². The summed E-state index contributed by atoms with van der Waals surface area (Å²) >= 11 is 12.5. The van der Waals surface area contributed by atoms with Crippen molar-refractivity contribution in [1.82, 2.24) is 0 Å². The third-order valence-electron chi connectivity index (χ3n) is 6.66. The normalized spacial score (nSPS) is 12.5. The Labute approximate surface area is 201 Å². The minimum absolute atomic E-state index is 0.152. The van der Waals surface area contributed by atoms with E-state index in [9.17, 15) is 0 Å². The van der Waals surface area contributed by atoms with Gasteiger partial charge < -0.3 is 0 Å². The van der Waals surface area contributed by atoms with Crippen molar-refractivity contribution in [2.24, 2.45) is 0 Å². The van der Waals surface area contributed by atoms with E-state index in [1.165, 1.54) is 63.8 Å². The third-order valence-corrected chi connectivity index (χ3v) is 7.23. The number of halogens is 2. The lowest BCUT2D eigenvalue weighted by molar-refractivity contribution is 0.586. The molecule has 0 heterocycles. The highest BCUT2D eigenvalue weighted by molar-refractivity contribution is 6.17. The number of unbranched alkanes of at least 4 members (excludes halogenated alkanes) is 2. The Balaban J connectivity index is 2.05. The first-order valence-electron chi connectivity index (χ1n) is 11.8. The molecule has 0 unspecified atom stereocenters. The molecule has 0 amide bonds. The summed E-state index contributed by atoms with van der Waals surface area (Å²) in [6, 6.07) is 9.42. The lowest BCUT2D eigenvalue weighted by Gasteiger charge is -2.23. The van der Waals surface area contributed by atoms with Gasteiger partial charge in [-0.3, -0.25) is 0 Å². The largest absolute Gasteiger partial charge is 0.122 e. The van der Waals surface area contributed by atoms with Crippen LogP contribution < -0.4 is 0 Å². The van der Waals surface area contributed by atoms with Crippen molar-refractivity contribution in [3.63, 3.8) is 0 Å². The molecule has 0 aliphatic carbocycles. The predicted octanol–water partition coefficient (Wildman–Crippen LogP) is 9.33. The van der Waals surface area contributed by atoms with Crippen LogP contribution in [-0.4, -0.2) is 0 Å². The summed E-state index contributed by atoms with van der Waals surface area (Å²) in [6.07, 6.45) is 5.94. The van der Waals surface area contributed by atoms with E-state index in [2.05, 4.69) is 79.7 Å². The molecule has 0 aliphatic heterocycles. The van der Waals surface area contributed by atoms with Gasteiger partial charge in [-0.15, -0.1) is 23.2 Å².